The fourth-order valence-electron chi connectivity index (χ4n) is 3.36. The predicted octanol–water partition coefficient (Wildman–Crippen LogP) is 1.37. The van der Waals surface area contributed by atoms with Crippen molar-refractivity contribution in [3.8, 4) is 0 Å². The highest BCUT2D eigenvalue weighted by Crippen LogP contribution is 2.27. The first-order chi connectivity index (χ1) is 11.2. The van der Waals surface area contributed by atoms with Gasteiger partial charge in [-0.15, -0.1) is 0 Å². The molecule has 0 aromatic rings. The molecule has 0 aromatic carbocycles. The lowest BCUT2D eigenvalue weighted by atomic mass is 10.0. The fourth-order valence-corrected chi connectivity index (χ4v) is 3.36. The minimum atomic E-state index is -0.399. The molecule has 0 aromatic heterocycles. The van der Waals surface area contributed by atoms with Gasteiger partial charge >= 0.3 is 6.09 Å². The van der Waals surface area contributed by atoms with Crippen LogP contribution in [-0.4, -0.2) is 65.5 Å². The Labute approximate surface area is 143 Å². The van der Waals surface area contributed by atoms with Crippen LogP contribution in [0.25, 0.3) is 0 Å². The zero-order valence-corrected chi connectivity index (χ0v) is 15.1. The van der Waals surface area contributed by atoms with E-state index in [1.165, 1.54) is 0 Å². The van der Waals surface area contributed by atoms with Gasteiger partial charge in [-0.3, -0.25) is 9.59 Å². The minimum Gasteiger partial charge on any atom is -0.450 e. The molecule has 0 radical (unpaired) electrons. The van der Waals surface area contributed by atoms with Gasteiger partial charge in [0, 0.05) is 37.6 Å². The van der Waals surface area contributed by atoms with Crippen molar-refractivity contribution >= 4 is 17.9 Å². The molecule has 2 rings (SSSR count). The van der Waals surface area contributed by atoms with Gasteiger partial charge in [0.2, 0.25) is 11.8 Å². The standard InChI is InChI=1S/C17H29N3O4/c1-5-24-16(23)18-13-6-8-19(9-7-13)15(22)12-10-14(21)20(11-12)17(2,3)4/h12-13H,5-11H2,1-4H3,(H,18,23). The highest BCUT2D eigenvalue weighted by atomic mass is 16.5. The average Bonchev–Trinajstić information content (AvgIpc) is 2.89. The van der Waals surface area contributed by atoms with Crippen LogP contribution in [0.3, 0.4) is 0 Å². The zero-order valence-electron chi connectivity index (χ0n) is 15.1. The van der Waals surface area contributed by atoms with Gasteiger partial charge in [-0.25, -0.2) is 4.79 Å². The van der Waals surface area contributed by atoms with E-state index in [0.717, 1.165) is 0 Å². The van der Waals surface area contributed by atoms with Gasteiger partial charge in [-0.2, -0.15) is 0 Å². The van der Waals surface area contributed by atoms with Gasteiger partial charge < -0.3 is 19.9 Å². The van der Waals surface area contributed by atoms with Gasteiger partial charge in [0.05, 0.1) is 12.5 Å². The number of likely N-dealkylation sites (tertiary alicyclic amines) is 2. The summed E-state index contributed by atoms with van der Waals surface area (Å²) in [6.07, 6.45) is 1.34. The molecule has 1 atom stereocenters. The van der Waals surface area contributed by atoms with E-state index in [9.17, 15) is 14.4 Å². The summed E-state index contributed by atoms with van der Waals surface area (Å²) in [6.45, 7) is 9.81. The van der Waals surface area contributed by atoms with E-state index in [1.807, 2.05) is 25.7 Å². The molecular formula is C17H29N3O4. The Morgan fingerprint density at radius 1 is 1.25 bits per heavy atom. The monoisotopic (exact) mass is 339 g/mol. The lowest BCUT2D eigenvalue weighted by molar-refractivity contribution is -0.136. The number of piperidine rings is 1. The van der Waals surface area contributed by atoms with Crippen molar-refractivity contribution in [1.29, 1.82) is 0 Å². The van der Waals surface area contributed by atoms with Crippen LogP contribution in [0, 0.1) is 5.92 Å². The number of carbonyl (C=O) groups is 3. The second kappa shape index (κ2) is 7.40. The van der Waals surface area contributed by atoms with Gasteiger partial charge in [0.1, 0.15) is 0 Å². The van der Waals surface area contributed by atoms with Crippen LogP contribution >= 0.6 is 0 Å². The van der Waals surface area contributed by atoms with Gasteiger partial charge in [0.15, 0.2) is 0 Å². The molecule has 2 aliphatic rings. The third-order valence-electron chi connectivity index (χ3n) is 4.69. The van der Waals surface area contributed by atoms with Gasteiger partial charge in [0.25, 0.3) is 0 Å². The summed E-state index contributed by atoms with van der Waals surface area (Å²) in [5.41, 5.74) is -0.247. The van der Waals surface area contributed by atoms with E-state index in [-0.39, 0.29) is 29.3 Å². The van der Waals surface area contributed by atoms with Crippen molar-refractivity contribution in [2.24, 2.45) is 5.92 Å². The number of hydrogen-bond donors (Lipinski definition) is 1. The molecule has 0 bridgehead atoms. The number of hydrogen-bond acceptors (Lipinski definition) is 4. The summed E-state index contributed by atoms with van der Waals surface area (Å²) in [4.78, 5) is 39.9. The predicted molar refractivity (Wildman–Crippen MR) is 89.3 cm³/mol. The molecule has 2 heterocycles. The van der Waals surface area contributed by atoms with Gasteiger partial charge in [-0.1, -0.05) is 0 Å². The Morgan fingerprint density at radius 2 is 1.88 bits per heavy atom. The molecule has 2 saturated heterocycles. The van der Waals surface area contributed by atoms with Crippen LogP contribution in [-0.2, 0) is 14.3 Å². The number of ether oxygens (including phenoxy) is 1. The lowest BCUT2D eigenvalue weighted by Gasteiger charge is -2.34. The maximum atomic E-state index is 12.7. The Bertz CT molecular complexity index is 493. The normalized spacial score (nSPS) is 22.7. The van der Waals surface area contributed by atoms with Crippen LogP contribution in [0.4, 0.5) is 4.79 Å². The molecule has 7 heteroatoms. The summed E-state index contributed by atoms with van der Waals surface area (Å²) in [5.74, 6) is -0.129. The van der Waals surface area contributed by atoms with Crippen molar-refractivity contribution in [1.82, 2.24) is 15.1 Å². The molecule has 0 aliphatic carbocycles. The smallest absolute Gasteiger partial charge is 0.407 e. The molecule has 3 amide bonds. The second-order valence-electron chi connectivity index (χ2n) is 7.54. The topological polar surface area (TPSA) is 79.0 Å². The highest BCUT2D eigenvalue weighted by Gasteiger charge is 2.41. The number of amides is 3. The molecule has 7 nitrogen and oxygen atoms in total. The van der Waals surface area contributed by atoms with Crippen LogP contribution < -0.4 is 5.32 Å². The molecule has 1 N–H and O–H groups in total. The first kappa shape index (κ1) is 18.5. The highest BCUT2D eigenvalue weighted by molar-refractivity contribution is 5.89. The number of alkyl carbamates (subject to hydrolysis) is 1. The number of nitrogens with zero attached hydrogens (tertiary/aromatic N) is 2. The largest absolute Gasteiger partial charge is 0.450 e. The molecule has 1 unspecified atom stereocenters. The van der Waals surface area contributed by atoms with E-state index in [1.54, 1.807) is 11.8 Å². The van der Waals surface area contributed by atoms with Crippen molar-refractivity contribution in [2.45, 2.75) is 58.5 Å². The summed E-state index contributed by atoms with van der Waals surface area (Å²) in [7, 11) is 0. The van der Waals surface area contributed by atoms with E-state index in [2.05, 4.69) is 5.32 Å². The first-order valence-corrected chi connectivity index (χ1v) is 8.75. The van der Waals surface area contributed by atoms with Crippen LogP contribution in [0.15, 0.2) is 0 Å². The quantitative estimate of drug-likeness (QED) is 0.842. The van der Waals surface area contributed by atoms with Gasteiger partial charge in [-0.05, 0) is 40.5 Å². The van der Waals surface area contributed by atoms with Crippen molar-refractivity contribution in [2.75, 3.05) is 26.2 Å². The summed E-state index contributed by atoms with van der Waals surface area (Å²) >= 11 is 0. The van der Waals surface area contributed by atoms with Crippen molar-refractivity contribution < 1.29 is 19.1 Å². The third kappa shape index (κ3) is 4.39. The van der Waals surface area contributed by atoms with Crippen LogP contribution in [0.2, 0.25) is 0 Å². The maximum Gasteiger partial charge on any atom is 0.407 e. The molecule has 136 valence electrons. The zero-order chi connectivity index (χ0) is 17.9. The Hall–Kier alpha value is -1.79. The van der Waals surface area contributed by atoms with E-state index in [0.29, 0.717) is 45.5 Å². The molecule has 2 fully saturated rings. The Balaban J connectivity index is 1.83. The molecule has 0 spiro atoms. The van der Waals surface area contributed by atoms with E-state index in [4.69, 9.17) is 4.74 Å². The van der Waals surface area contributed by atoms with Crippen molar-refractivity contribution in [3.63, 3.8) is 0 Å². The summed E-state index contributed by atoms with van der Waals surface area (Å²) in [6, 6.07) is 0.0457. The van der Waals surface area contributed by atoms with Crippen LogP contribution in [0.5, 0.6) is 0 Å². The number of carbonyl (C=O) groups excluding carboxylic acids is 3. The number of nitrogens with one attached hydrogen (secondary N) is 1. The molecule has 2 aliphatic heterocycles. The first-order valence-electron chi connectivity index (χ1n) is 8.75. The Morgan fingerprint density at radius 3 is 2.38 bits per heavy atom. The average molecular weight is 339 g/mol. The summed E-state index contributed by atoms with van der Waals surface area (Å²) in [5, 5.41) is 2.82. The lowest BCUT2D eigenvalue weighted by Crippen LogP contribution is -2.49. The number of rotatable bonds is 3. The second-order valence-corrected chi connectivity index (χ2v) is 7.54. The third-order valence-corrected chi connectivity index (χ3v) is 4.69. The molecule has 0 saturated carbocycles. The SMILES string of the molecule is CCOC(=O)NC1CCN(C(=O)C2CC(=O)N(C(C)(C)C)C2)CC1. The van der Waals surface area contributed by atoms with E-state index >= 15 is 0 Å². The van der Waals surface area contributed by atoms with E-state index < -0.39 is 6.09 Å². The van der Waals surface area contributed by atoms with Crippen LogP contribution in [0.1, 0.15) is 47.0 Å². The summed E-state index contributed by atoms with van der Waals surface area (Å²) < 4.78 is 4.88. The minimum absolute atomic E-state index is 0.0457. The Kier molecular flexibility index (Phi) is 5.72. The molecule has 24 heavy (non-hydrogen) atoms. The molecular weight excluding hydrogens is 310 g/mol. The maximum absolute atomic E-state index is 12.7. The van der Waals surface area contributed by atoms with Crippen molar-refractivity contribution in [3.05, 3.63) is 0 Å². The fraction of sp³-hybridized carbons (Fsp3) is 0.824.